The number of imidazole rings is 1. The molecule has 0 aliphatic carbocycles. The molecule has 0 radical (unpaired) electrons. The van der Waals surface area contributed by atoms with Crippen molar-refractivity contribution < 1.29 is 9.47 Å². The lowest BCUT2D eigenvalue weighted by Gasteiger charge is -2.42. The lowest BCUT2D eigenvalue weighted by Crippen LogP contribution is -2.56. The Morgan fingerprint density at radius 1 is 1.53 bits per heavy atom. The van der Waals surface area contributed by atoms with Gasteiger partial charge >= 0.3 is 0 Å². The minimum absolute atomic E-state index is 0.139. The molecule has 0 aromatic carbocycles. The van der Waals surface area contributed by atoms with Gasteiger partial charge in [0.05, 0.1) is 5.60 Å². The lowest BCUT2D eigenvalue weighted by molar-refractivity contribution is -0.110. The summed E-state index contributed by atoms with van der Waals surface area (Å²) in [5.74, 6) is 1.09. The molecule has 5 nitrogen and oxygen atoms in total. The lowest BCUT2D eigenvalue weighted by atomic mass is 9.84. The summed E-state index contributed by atoms with van der Waals surface area (Å²) < 4.78 is 13.5. The maximum absolute atomic E-state index is 5.90. The summed E-state index contributed by atoms with van der Waals surface area (Å²) in [4.78, 5) is 4.43. The van der Waals surface area contributed by atoms with E-state index in [0.29, 0.717) is 0 Å². The van der Waals surface area contributed by atoms with Gasteiger partial charge in [0.2, 0.25) is 0 Å². The van der Waals surface area contributed by atoms with Crippen LogP contribution in [-0.4, -0.2) is 48.1 Å². The molecule has 1 unspecified atom stereocenters. The molecule has 1 aromatic heterocycles. The van der Waals surface area contributed by atoms with E-state index in [2.05, 4.69) is 21.8 Å². The number of likely N-dealkylation sites (N-methyl/N-ethyl adjacent to an activating group) is 1. The Morgan fingerprint density at radius 3 is 2.79 bits per heavy atom. The Balaban J connectivity index is 2.15. The van der Waals surface area contributed by atoms with E-state index in [4.69, 9.17) is 9.47 Å². The van der Waals surface area contributed by atoms with E-state index >= 15 is 0 Å². The number of aromatic nitrogens is 2. The van der Waals surface area contributed by atoms with Crippen molar-refractivity contribution in [3.05, 3.63) is 18.2 Å². The summed E-state index contributed by atoms with van der Waals surface area (Å²) in [7, 11) is 3.85. The Bertz CT molecular complexity index is 386. The van der Waals surface area contributed by atoms with Gasteiger partial charge in [-0.2, -0.15) is 0 Å². The smallest absolute Gasteiger partial charge is 0.110 e. The molecule has 108 valence electrons. The Hall–Kier alpha value is -0.910. The molecule has 0 spiro atoms. The third-order valence-corrected chi connectivity index (χ3v) is 4.14. The molecule has 1 atom stereocenters. The van der Waals surface area contributed by atoms with E-state index in [1.54, 1.807) is 0 Å². The van der Waals surface area contributed by atoms with Crippen LogP contribution in [-0.2, 0) is 22.9 Å². The van der Waals surface area contributed by atoms with Crippen molar-refractivity contribution in [2.45, 2.75) is 37.8 Å². The predicted octanol–water partition coefficient (Wildman–Crippen LogP) is 1.14. The van der Waals surface area contributed by atoms with Crippen molar-refractivity contribution in [3.8, 4) is 0 Å². The van der Waals surface area contributed by atoms with E-state index < -0.39 is 0 Å². The molecule has 0 saturated carbocycles. The van der Waals surface area contributed by atoms with E-state index in [-0.39, 0.29) is 11.6 Å². The van der Waals surface area contributed by atoms with Crippen molar-refractivity contribution in [3.63, 3.8) is 0 Å². The number of nitrogens with one attached hydrogen (secondary N) is 1. The SMILES string of the molecule is CCNC(Cc1nccn1C)C1(OC)CCOCC1. The van der Waals surface area contributed by atoms with Crippen LogP contribution in [0.25, 0.3) is 0 Å². The zero-order valence-electron chi connectivity index (χ0n) is 12.2. The molecular formula is C14H25N3O2. The fourth-order valence-electron chi connectivity index (χ4n) is 2.88. The number of hydrogen-bond acceptors (Lipinski definition) is 4. The summed E-state index contributed by atoms with van der Waals surface area (Å²) in [6.45, 7) is 4.61. The molecular weight excluding hydrogens is 242 g/mol. The van der Waals surface area contributed by atoms with Crippen LogP contribution in [0.5, 0.6) is 0 Å². The van der Waals surface area contributed by atoms with Gasteiger partial charge in [0, 0.05) is 65.1 Å². The fourth-order valence-corrected chi connectivity index (χ4v) is 2.88. The summed E-state index contributed by atoms with van der Waals surface area (Å²) in [6, 6.07) is 0.271. The topological polar surface area (TPSA) is 48.3 Å². The van der Waals surface area contributed by atoms with Crippen LogP contribution in [0.15, 0.2) is 12.4 Å². The molecule has 1 N–H and O–H groups in total. The largest absolute Gasteiger partial charge is 0.381 e. The monoisotopic (exact) mass is 267 g/mol. The summed E-state index contributed by atoms with van der Waals surface area (Å²) in [5, 5.41) is 3.58. The van der Waals surface area contributed by atoms with Gasteiger partial charge in [0.15, 0.2) is 0 Å². The molecule has 1 saturated heterocycles. The Labute approximate surface area is 115 Å². The van der Waals surface area contributed by atoms with Crippen molar-refractivity contribution in [2.24, 2.45) is 7.05 Å². The Morgan fingerprint density at radius 2 is 2.26 bits per heavy atom. The molecule has 19 heavy (non-hydrogen) atoms. The Kier molecular flexibility index (Phi) is 4.96. The first kappa shape index (κ1) is 14.5. The average molecular weight is 267 g/mol. The van der Waals surface area contributed by atoms with E-state index in [1.807, 2.05) is 26.6 Å². The highest BCUT2D eigenvalue weighted by molar-refractivity contribution is 5.02. The van der Waals surface area contributed by atoms with E-state index in [1.165, 1.54) is 0 Å². The predicted molar refractivity (Wildman–Crippen MR) is 74.2 cm³/mol. The molecule has 2 heterocycles. The molecule has 2 rings (SSSR count). The van der Waals surface area contributed by atoms with Gasteiger partial charge in [-0.05, 0) is 6.54 Å². The van der Waals surface area contributed by atoms with Crippen LogP contribution in [0.2, 0.25) is 0 Å². The number of hydrogen-bond donors (Lipinski definition) is 1. The summed E-state index contributed by atoms with van der Waals surface area (Å²) in [6.07, 6.45) is 6.59. The molecule has 1 aliphatic heterocycles. The number of methoxy groups -OCH3 is 1. The number of nitrogens with zero attached hydrogens (tertiary/aromatic N) is 2. The molecule has 5 heteroatoms. The van der Waals surface area contributed by atoms with Gasteiger partial charge in [0.1, 0.15) is 5.82 Å². The minimum Gasteiger partial charge on any atom is -0.381 e. The van der Waals surface area contributed by atoms with Gasteiger partial charge in [-0.1, -0.05) is 6.92 Å². The standard InChI is InChI=1S/C14H25N3O2/c1-4-15-12(11-13-16-7-8-17(13)2)14(18-3)5-9-19-10-6-14/h7-8,12,15H,4-6,9-11H2,1-3H3. The minimum atomic E-state index is -0.139. The van der Waals surface area contributed by atoms with Crippen LogP contribution in [0.1, 0.15) is 25.6 Å². The highest BCUT2D eigenvalue weighted by atomic mass is 16.5. The van der Waals surface area contributed by atoms with Crippen LogP contribution in [0, 0.1) is 0 Å². The second-order valence-corrected chi connectivity index (χ2v) is 5.15. The number of aryl methyl sites for hydroxylation is 1. The van der Waals surface area contributed by atoms with Crippen LogP contribution in [0.3, 0.4) is 0 Å². The third-order valence-electron chi connectivity index (χ3n) is 4.14. The van der Waals surface area contributed by atoms with Gasteiger partial charge < -0.3 is 19.4 Å². The molecule has 1 fully saturated rings. The normalized spacial score (nSPS) is 20.4. The third kappa shape index (κ3) is 3.16. The highest BCUT2D eigenvalue weighted by Gasteiger charge is 2.40. The number of ether oxygens (including phenoxy) is 2. The molecule has 0 bridgehead atoms. The molecule has 0 amide bonds. The van der Waals surface area contributed by atoms with E-state index in [9.17, 15) is 0 Å². The fraction of sp³-hybridized carbons (Fsp3) is 0.786. The zero-order chi connectivity index (χ0) is 13.7. The van der Waals surface area contributed by atoms with Gasteiger partial charge in [-0.15, -0.1) is 0 Å². The maximum atomic E-state index is 5.90. The highest BCUT2D eigenvalue weighted by Crippen LogP contribution is 2.30. The van der Waals surface area contributed by atoms with Crippen molar-refractivity contribution in [1.82, 2.24) is 14.9 Å². The maximum Gasteiger partial charge on any atom is 0.110 e. The average Bonchev–Trinajstić information content (AvgIpc) is 2.84. The van der Waals surface area contributed by atoms with Crippen LogP contribution >= 0.6 is 0 Å². The first-order valence-corrected chi connectivity index (χ1v) is 7.04. The summed E-state index contributed by atoms with van der Waals surface area (Å²) >= 11 is 0. The number of rotatable bonds is 6. The van der Waals surface area contributed by atoms with Crippen LogP contribution in [0.4, 0.5) is 0 Å². The molecule has 1 aromatic rings. The quantitative estimate of drug-likeness (QED) is 0.839. The van der Waals surface area contributed by atoms with Crippen molar-refractivity contribution in [1.29, 1.82) is 0 Å². The van der Waals surface area contributed by atoms with Crippen molar-refractivity contribution in [2.75, 3.05) is 26.9 Å². The first-order chi connectivity index (χ1) is 9.22. The van der Waals surface area contributed by atoms with Gasteiger partial charge in [-0.25, -0.2) is 4.98 Å². The second-order valence-electron chi connectivity index (χ2n) is 5.15. The first-order valence-electron chi connectivity index (χ1n) is 7.04. The summed E-state index contributed by atoms with van der Waals surface area (Å²) in [5.41, 5.74) is -0.139. The van der Waals surface area contributed by atoms with Gasteiger partial charge in [0.25, 0.3) is 0 Å². The van der Waals surface area contributed by atoms with Gasteiger partial charge in [-0.3, -0.25) is 0 Å². The van der Waals surface area contributed by atoms with Crippen LogP contribution < -0.4 is 5.32 Å². The van der Waals surface area contributed by atoms with E-state index in [0.717, 1.165) is 44.8 Å². The van der Waals surface area contributed by atoms with Crippen molar-refractivity contribution >= 4 is 0 Å². The zero-order valence-corrected chi connectivity index (χ0v) is 12.2. The second kappa shape index (κ2) is 6.50. The molecule has 1 aliphatic rings.